The summed E-state index contributed by atoms with van der Waals surface area (Å²) in [4.78, 5) is 13.3. The van der Waals surface area contributed by atoms with Crippen molar-refractivity contribution in [3.8, 4) is 11.5 Å². The molecule has 0 bridgehead atoms. The summed E-state index contributed by atoms with van der Waals surface area (Å²) in [5.74, 6) is 0.681. The van der Waals surface area contributed by atoms with Crippen molar-refractivity contribution in [1.82, 2.24) is 0 Å². The van der Waals surface area contributed by atoms with Gasteiger partial charge in [-0.25, -0.2) is 8.42 Å². The number of sulfonamides is 1. The lowest BCUT2D eigenvalue weighted by Crippen LogP contribution is -2.31. The fourth-order valence-corrected chi connectivity index (χ4v) is 6.17. The number of rotatable bonds is 9. The van der Waals surface area contributed by atoms with Crippen LogP contribution >= 0.6 is 23.2 Å². The number of carbonyl (C=O) groups is 1. The molecule has 0 aliphatic rings. The summed E-state index contributed by atoms with van der Waals surface area (Å²) in [6.45, 7) is 1.86. The van der Waals surface area contributed by atoms with Gasteiger partial charge in [-0.1, -0.05) is 77.8 Å². The topological polar surface area (TPSA) is 75.7 Å². The first-order valence-electron chi connectivity index (χ1n) is 13.0. The standard InChI is InChI=1S/C33H26Cl2N2O4S/c1-23-12-17-27(35)21-31(23)37(42(39,40)29-10-6-3-7-11-29)22-24-13-15-25(16-14-24)33(38)36-30-20-26(34)18-19-32(30)41-28-8-4-2-5-9-28/h2-21H,22H2,1H3,(H,36,38). The van der Waals surface area contributed by atoms with Crippen molar-refractivity contribution in [1.29, 1.82) is 0 Å². The minimum Gasteiger partial charge on any atom is -0.455 e. The van der Waals surface area contributed by atoms with E-state index >= 15 is 0 Å². The number of para-hydroxylation sites is 1. The molecule has 1 amide bonds. The van der Waals surface area contributed by atoms with Crippen LogP contribution in [-0.2, 0) is 16.6 Å². The Hall–Kier alpha value is -4.30. The van der Waals surface area contributed by atoms with Crippen molar-refractivity contribution in [3.63, 3.8) is 0 Å². The molecule has 5 aromatic carbocycles. The number of hydrogen-bond acceptors (Lipinski definition) is 4. The van der Waals surface area contributed by atoms with Crippen molar-refractivity contribution < 1.29 is 17.9 Å². The number of aryl methyl sites for hydroxylation is 1. The Balaban J connectivity index is 1.39. The average molecular weight is 618 g/mol. The monoisotopic (exact) mass is 616 g/mol. The quantitative estimate of drug-likeness (QED) is 0.180. The van der Waals surface area contributed by atoms with Crippen LogP contribution in [0.1, 0.15) is 21.5 Å². The SMILES string of the molecule is Cc1ccc(Cl)cc1N(Cc1ccc(C(=O)Nc2cc(Cl)ccc2Oc2ccccc2)cc1)S(=O)(=O)c1ccccc1. The summed E-state index contributed by atoms with van der Waals surface area (Å²) >= 11 is 12.5. The van der Waals surface area contributed by atoms with Gasteiger partial charge in [0, 0.05) is 15.6 Å². The highest BCUT2D eigenvalue weighted by molar-refractivity contribution is 7.92. The van der Waals surface area contributed by atoms with Crippen molar-refractivity contribution in [2.45, 2.75) is 18.4 Å². The van der Waals surface area contributed by atoms with Crippen molar-refractivity contribution in [2.24, 2.45) is 0 Å². The number of benzene rings is 5. The molecule has 0 radical (unpaired) electrons. The Bertz CT molecular complexity index is 1820. The molecule has 9 heteroatoms. The fourth-order valence-electron chi connectivity index (χ4n) is 4.30. The van der Waals surface area contributed by atoms with E-state index in [0.29, 0.717) is 44.0 Å². The van der Waals surface area contributed by atoms with Crippen LogP contribution in [0.15, 0.2) is 126 Å². The lowest BCUT2D eigenvalue weighted by atomic mass is 10.1. The van der Waals surface area contributed by atoms with E-state index in [4.69, 9.17) is 27.9 Å². The Kier molecular flexibility index (Phi) is 8.83. The van der Waals surface area contributed by atoms with Crippen LogP contribution in [0.25, 0.3) is 0 Å². The van der Waals surface area contributed by atoms with E-state index in [-0.39, 0.29) is 17.3 Å². The highest BCUT2D eigenvalue weighted by atomic mass is 35.5. The molecular formula is C33H26Cl2N2O4S. The first-order valence-corrected chi connectivity index (χ1v) is 15.2. The van der Waals surface area contributed by atoms with E-state index in [2.05, 4.69) is 5.32 Å². The number of carbonyl (C=O) groups excluding carboxylic acids is 1. The van der Waals surface area contributed by atoms with E-state index in [1.807, 2.05) is 37.3 Å². The molecule has 0 aromatic heterocycles. The predicted molar refractivity (Wildman–Crippen MR) is 168 cm³/mol. The predicted octanol–water partition coefficient (Wildman–Crippen LogP) is 8.74. The second-order valence-electron chi connectivity index (χ2n) is 9.46. The second-order valence-corrected chi connectivity index (χ2v) is 12.2. The summed E-state index contributed by atoms with van der Waals surface area (Å²) in [5, 5.41) is 3.73. The summed E-state index contributed by atoms with van der Waals surface area (Å²) in [6.07, 6.45) is 0. The molecule has 1 N–H and O–H groups in total. The third-order valence-corrected chi connectivity index (χ3v) is 8.72. The van der Waals surface area contributed by atoms with Gasteiger partial charge in [0.15, 0.2) is 5.75 Å². The molecule has 0 unspecified atom stereocenters. The van der Waals surface area contributed by atoms with Crippen LogP contribution in [0, 0.1) is 6.92 Å². The van der Waals surface area contributed by atoms with Crippen LogP contribution in [0.4, 0.5) is 11.4 Å². The smallest absolute Gasteiger partial charge is 0.264 e. The normalized spacial score (nSPS) is 11.1. The number of nitrogens with one attached hydrogen (secondary N) is 1. The average Bonchev–Trinajstić information content (AvgIpc) is 3.00. The van der Waals surface area contributed by atoms with E-state index in [1.54, 1.807) is 91.0 Å². The highest BCUT2D eigenvalue weighted by Gasteiger charge is 2.26. The molecular weight excluding hydrogens is 591 g/mol. The van der Waals surface area contributed by atoms with Gasteiger partial charge in [-0.2, -0.15) is 0 Å². The van der Waals surface area contributed by atoms with Gasteiger partial charge in [0.2, 0.25) is 0 Å². The molecule has 0 heterocycles. The van der Waals surface area contributed by atoms with Crippen LogP contribution in [0.5, 0.6) is 11.5 Å². The zero-order valence-corrected chi connectivity index (χ0v) is 24.8. The number of hydrogen-bond donors (Lipinski definition) is 1. The first-order chi connectivity index (χ1) is 20.2. The van der Waals surface area contributed by atoms with Crippen molar-refractivity contribution >= 4 is 50.5 Å². The van der Waals surface area contributed by atoms with Gasteiger partial charge >= 0.3 is 0 Å². The molecule has 212 valence electrons. The third-order valence-electron chi connectivity index (χ3n) is 6.47. The number of halogens is 2. The van der Waals surface area contributed by atoms with Gasteiger partial charge in [-0.05, 0) is 84.8 Å². The fraction of sp³-hybridized carbons (Fsp3) is 0.0606. The number of ether oxygens (including phenoxy) is 1. The number of nitrogens with zero attached hydrogens (tertiary/aromatic N) is 1. The molecule has 5 aromatic rings. The zero-order chi connectivity index (χ0) is 29.7. The first kappa shape index (κ1) is 29.2. The Morgan fingerprint density at radius 3 is 2.10 bits per heavy atom. The molecule has 0 spiro atoms. The maximum Gasteiger partial charge on any atom is 0.264 e. The molecule has 0 saturated heterocycles. The summed E-state index contributed by atoms with van der Waals surface area (Å²) < 4.78 is 34.8. The molecule has 0 saturated carbocycles. The molecule has 0 aliphatic carbocycles. The summed E-state index contributed by atoms with van der Waals surface area (Å²) in [6, 6.07) is 34.3. The summed E-state index contributed by atoms with van der Waals surface area (Å²) in [5.41, 5.74) is 2.70. The van der Waals surface area contributed by atoms with Gasteiger partial charge in [0.1, 0.15) is 5.75 Å². The van der Waals surface area contributed by atoms with Gasteiger partial charge < -0.3 is 10.1 Å². The van der Waals surface area contributed by atoms with Crippen LogP contribution in [0.3, 0.4) is 0 Å². The van der Waals surface area contributed by atoms with Gasteiger partial charge in [0.25, 0.3) is 15.9 Å². The van der Waals surface area contributed by atoms with Gasteiger partial charge in [-0.3, -0.25) is 9.10 Å². The van der Waals surface area contributed by atoms with Gasteiger partial charge in [0.05, 0.1) is 22.8 Å². The van der Waals surface area contributed by atoms with Crippen LogP contribution in [0.2, 0.25) is 10.0 Å². The maximum absolute atomic E-state index is 13.8. The van der Waals surface area contributed by atoms with Crippen molar-refractivity contribution in [3.05, 3.63) is 148 Å². The van der Waals surface area contributed by atoms with Crippen LogP contribution in [-0.4, -0.2) is 14.3 Å². The van der Waals surface area contributed by atoms with E-state index in [0.717, 1.165) is 5.56 Å². The minimum absolute atomic E-state index is 0.0314. The largest absolute Gasteiger partial charge is 0.455 e. The minimum atomic E-state index is -3.92. The van der Waals surface area contributed by atoms with E-state index < -0.39 is 10.0 Å². The number of anilines is 2. The zero-order valence-electron chi connectivity index (χ0n) is 22.5. The van der Waals surface area contributed by atoms with E-state index in [1.165, 1.54) is 4.31 Å². The highest BCUT2D eigenvalue weighted by Crippen LogP contribution is 2.33. The maximum atomic E-state index is 13.8. The third kappa shape index (κ3) is 6.77. The van der Waals surface area contributed by atoms with Crippen LogP contribution < -0.4 is 14.4 Å². The molecule has 42 heavy (non-hydrogen) atoms. The number of amides is 1. The van der Waals surface area contributed by atoms with E-state index in [9.17, 15) is 13.2 Å². The molecule has 0 atom stereocenters. The molecule has 5 rings (SSSR count). The molecule has 0 fully saturated rings. The second kappa shape index (κ2) is 12.7. The molecule has 0 aliphatic heterocycles. The lowest BCUT2D eigenvalue weighted by Gasteiger charge is -2.26. The Morgan fingerprint density at radius 2 is 1.40 bits per heavy atom. The lowest BCUT2D eigenvalue weighted by molar-refractivity contribution is 0.102. The van der Waals surface area contributed by atoms with Crippen molar-refractivity contribution in [2.75, 3.05) is 9.62 Å². The Morgan fingerprint density at radius 1 is 0.786 bits per heavy atom. The Labute approximate surface area is 255 Å². The summed E-state index contributed by atoms with van der Waals surface area (Å²) in [7, 11) is -3.92. The molecule has 6 nitrogen and oxygen atoms in total. The van der Waals surface area contributed by atoms with Gasteiger partial charge in [-0.15, -0.1) is 0 Å².